The Morgan fingerprint density at radius 2 is 1.58 bits per heavy atom. The number of benzene rings is 2. The van der Waals surface area contributed by atoms with Crippen molar-refractivity contribution < 1.29 is 19.0 Å². The van der Waals surface area contributed by atoms with Crippen LogP contribution in [0.25, 0.3) is 0 Å². The third-order valence-corrected chi connectivity index (χ3v) is 6.33. The highest BCUT2D eigenvalue weighted by atomic mass is 31.2. The number of ether oxygens (including phenoxy) is 1. The van der Waals surface area contributed by atoms with Gasteiger partial charge in [-0.15, -0.1) is 0 Å². The lowest BCUT2D eigenvalue weighted by Gasteiger charge is -2.18. The van der Waals surface area contributed by atoms with Crippen LogP contribution < -0.4 is 0 Å². The van der Waals surface area contributed by atoms with Gasteiger partial charge in [-0.1, -0.05) is 67.6 Å². The van der Waals surface area contributed by atoms with Crippen molar-refractivity contribution in [3.63, 3.8) is 0 Å². The Morgan fingerprint density at radius 1 is 1.04 bits per heavy atom. The van der Waals surface area contributed by atoms with Crippen LogP contribution in [-0.4, -0.2) is 22.7 Å². The van der Waals surface area contributed by atoms with Crippen molar-refractivity contribution in [2.45, 2.75) is 32.0 Å². The summed E-state index contributed by atoms with van der Waals surface area (Å²) < 4.78 is 17.5. The van der Waals surface area contributed by atoms with Gasteiger partial charge in [-0.2, -0.15) is 0 Å². The van der Waals surface area contributed by atoms with Gasteiger partial charge in [0, 0.05) is 5.66 Å². The first-order valence-electron chi connectivity index (χ1n) is 8.02. The number of rotatable bonds is 8. The van der Waals surface area contributed by atoms with Crippen LogP contribution in [0.4, 0.5) is 0 Å². The number of hydrogen-bond acceptors (Lipinski definition) is 3. The maximum absolute atomic E-state index is 12.4. The average Bonchev–Trinajstić information content (AvgIpc) is 2.59. The molecule has 0 heterocycles. The Morgan fingerprint density at radius 3 is 2.17 bits per heavy atom. The van der Waals surface area contributed by atoms with Crippen molar-refractivity contribution in [3.8, 4) is 0 Å². The van der Waals surface area contributed by atoms with E-state index in [1.54, 1.807) is 6.92 Å². The van der Waals surface area contributed by atoms with Crippen LogP contribution in [0, 0.1) is 0 Å². The Kier molecular flexibility index (Phi) is 6.77. The molecule has 0 fully saturated rings. The number of carbonyl (C=O) groups is 1. The Hall–Kier alpha value is -1.90. The van der Waals surface area contributed by atoms with Gasteiger partial charge in [0.2, 0.25) is 7.37 Å². The molecule has 0 amide bonds. The third kappa shape index (κ3) is 5.95. The van der Waals surface area contributed by atoms with Gasteiger partial charge in [-0.05, 0) is 24.0 Å². The van der Waals surface area contributed by atoms with Gasteiger partial charge in [0.25, 0.3) is 0 Å². The first-order chi connectivity index (χ1) is 11.5. The number of aryl methyl sites for hydroxylation is 1. The van der Waals surface area contributed by atoms with Crippen LogP contribution in [0.15, 0.2) is 60.7 Å². The first kappa shape index (κ1) is 18.4. The van der Waals surface area contributed by atoms with E-state index in [2.05, 4.69) is 0 Å². The molecule has 0 aliphatic rings. The second-order valence-electron chi connectivity index (χ2n) is 5.93. The van der Waals surface area contributed by atoms with Crippen molar-refractivity contribution >= 4 is 13.3 Å². The third-order valence-electron chi connectivity index (χ3n) is 3.98. The fraction of sp³-hybridized carbons (Fsp3) is 0.316. The smallest absolute Gasteiger partial charge is 0.315 e. The lowest BCUT2D eigenvalue weighted by Crippen LogP contribution is -2.16. The van der Waals surface area contributed by atoms with E-state index < -0.39 is 25.2 Å². The van der Waals surface area contributed by atoms with E-state index in [0.29, 0.717) is 12.8 Å². The summed E-state index contributed by atoms with van der Waals surface area (Å²) in [6.45, 7) is 1.84. The van der Waals surface area contributed by atoms with Crippen molar-refractivity contribution in [1.82, 2.24) is 0 Å². The van der Waals surface area contributed by atoms with Crippen LogP contribution in [0.5, 0.6) is 0 Å². The topological polar surface area (TPSA) is 63.6 Å². The Bertz CT molecular complexity index is 685. The van der Waals surface area contributed by atoms with Crippen LogP contribution in [0.2, 0.25) is 0 Å². The normalized spacial score (nSPS) is 14.6. The molecule has 2 atom stereocenters. The molecule has 24 heavy (non-hydrogen) atoms. The van der Waals surface area contributed by atoms with Gasteiger partial charge in [-0.3, -0.25) is 9.36 Å². The van der Waals surface area contributed by atoms with Crippen molar-refractivity contribution in [3.05, 3.63) is 71.8 Å². The van der Waals surface area contributed by atoms with Gasteiger partial charge in [0.05, 0.1) is 0 Å². The van der Waals surface area contributed by atoms with Crippen LogP contribution in [0.3, 0.4) is 0 Å². The molecule has 5 heteroatoms. The molecule has 2 aromatic rings. The van der Waals surface area contributed by atoms with E-state index in [1.165, 1.54) is 0 Å². The predicted molar refractivity (Wildman–Crippen MR) is 95.2 cm³/mol. The van der Waals surface area contributed by atoms with Crippen molar-refractivity contribution in [2.75, 3.05) is 6.16 Å². The maximum Gasteiger partial charge on any atom is 0.315 e. The molecule has 0 spiro atoms. The quantitative estimate of drug-likeness (QED) is 0.579. The zero-order chi connectivity index (χ0) is 17.4. The molecule has 2 unspecified atom stereocenters. The SMILES string of the molecule is CC(CCc1ccccc1)P(=O)(O)CC(=O)OCc1ccccc1. The lowest BCUT2D eigenvalue weighted by atomic mass is 10.1. The Balaban J connectivity index is 1.80. The maximum atomic E-state index is 12.4. The van der Waals surface area contributed by atoms with Crippen LogP contribution >= 0.6 is 7.37 Å². The van der Waals surface area contributed by atoms with E-state index in [1.807, 2.05) is 60.7 Å². The first-order valence-corrected chi connectivity index (χ1v) is 9.94. The van der Waals surface area contributed by atoms with E-state index in [9.17, 15) is 14.3 Å². The van der Waals surface area contributed by atoms with E-state index in [0.717, 1.165) is 11.1 Å². The molecule has 4 nitrogen and oxygen atoms in total. The molecule has 1 N–H and O–H groups in total. The van der Waals surface area contributed by atoms with Gasteiger partial charge >= 0.3 is 5.97 Å². The summed E-state index contributed by atoms with van der Waals surface area (Å²) in [4.78, 5) is 22.0. The second-order valence-corrected chi connectivity index (χ2v) is 8.64. The molecule has 0 radical (unpaired) electrons. The summed E-state index contributed by atoms with van der Waals surface area (Å²) >= 11 is 0. The van der Waals surface area contributed by atoms with Crippen LogP contribution in [-0.2, 0) is 27.1 Å². The molecule has 0 saturated carbocycles. The Labute approximate surface area is 142 Å². The second kappa shape index (κ2) is 8.81. The summed E-state index contributed by atoms with van der Waals surface area (Å²) in [6.07, 6.45) is 0.838. The molecule has 0 aliphatic heterocycles. The molecule has 2 aromatic carbocycles. The zero-order valence-corrected chi connectivity index (χ0v) is 14.7. The average molecular weight is 346 g/mol. The van der Waals surface area contributed by atoms with E-state index >= 15 is 0 Å². The summed E-state index contributed by atoms with van der Waals surface area (Å²) in [5, 5.41) is 0. The van der Waals surface area contributed by atoms with Gasteiger partial charge in [0.1, 0.15) is 12.8 Å². The molecule has 0 aliphatic carbocycles. The summed E-state index contributed by atoms with van der Waals surface area (Å²) in [7, 11) is -3.57. The summed E-state index contributed by atoms with van der Waals surface area (Å²) in [6, 6.07) is 19.1. The largest absolute Gasteiger partial charge is 0.460 e. The molecule has 0 saturated heterocycles. The van der Waals surface area contributed by atoms with Crippen molar-refractivity contribution in [1.29, 1.82) is 0 Å². The predicted octanol–water partition coefficient (Wildman–Crippen LogP) is 4.02. The molecular formula is C19H23O4P. The highest BCUT2D eigenvalue weighted by Gasteiger charge is 2.30. The van der Waals surface area contributed by atoms with Crippen LogP contribution in [0.1, 0.15) is 24.5 Å². The highest BCUT2D eigenvalue weighted by molar-refractivity contribution is 7.59. The lowest BCUT2D eigenvalue weighted by molar-refractivity contribution is -0.141. The molecule has 0 bridgehead atoms. The molecule has 2 rings (SSSR count). The number of hydrogen-bond donors (Lipinski definition) is 1. The minimum absolute atomic E-state index is 0.123. The van der Waals surface area contributed by atoms with Gasteiger partial charge < -0.3 is 9.63 Å². The van der Waals surface area contributed by atoms with E-state index in [-0.39, 0.29) is 6.61 Å². The zero-order valence-electron chi connectivity index (χ0n) is 13.8. The fourth-order valence-electron chi connectivity index (χ4n) is 2.35. The molecule has 0 aromatic heterocycles. The number of carbonyl (C=O) groups excluding carboxylic acids is 1. The van der Waals surface area contributed by atoms with Gasteiger partial charge in [0.15, 0.2) is 0 Å². The summed E-state index contributed by atoms with van der Waals surface area (Å²) in [5.41, 5.74) is 1.54. The molecule has 128 valence electrons. The minimum Gasteiger partial charge on any atom is -0.460 e. The summed E-state index contributed by atoms with van der Waals surface area (Å²) in [5.74, 6) is -0.628. The fourth-order valence-corrected chi connectivity index (χ4v) is 3.65. The van der Waals surface area contributed by atoms with Gasteiger partial charge in [-0.25, -0.2) is 0 Å². The minimum atomic E-state index is -3.57. The molecular weight excluding hydrogens is 323 g/mol. The monoisotopic (exact) mass is 346 g/mol. The standard InChI is InChI=1S/C19H23O4P/c1-16(12-13-17-8-4-2-5-9-17)24(21,22)15-19(20)23-14-18-10-6-3-7-11-18/h2-11,16H,12-15H2,1H3,(H,21,22). The highest BCUT2D eigenvalue weighted by Crippen LogP contribution is 2.47. The van der Waals surface area contributed by atoms with Crippen molar-refractivity contribution in [2.24, 2.45) is 0 Å². The number of esters is 1. The van der Waals surface area contributed by atoms with E-state index in [4.69, 9.17) is 4.74 Å².